The van der Waals surface area contributed by atoms with Gasteiger partial charge < -0.3 is 9.64 Å². The first-order valence-electron chi connectivity index (χ1n) is 5.59. The van der Waals surface area contributed by atoms with Gasteiger partial charge in [0.1, 0.15) is 0 Å². The van der Waals surface area contributed by atoms with Crippen molar-refractivity contribution in [3.63, 3.8) is 0 Å². The molecule has 0 saturated carbocycles. The zero-order chi connectivity index (χ0) is 12.0. The summed E-state index contributed by atoms with van der Waals surface area (Å²) in [5.41, 5.74) is -1.24. The molecule has 0 bridgehead atoms. The van der Waals surface area contributed by atoms with Crippen LogP contribution in [0.1, 0.15) is 33.6 Å². The summed E-state index contributed by atoms with van der Waals surface area (Å²) >= 11 is 0. The van der Waals surface area contributed by atoms with E-state index in [1.54, 1.807) is 11.0 Å². The predicted octanol–water partition coefficient (Wildman–Crippen LogP) is 1.26. The number of hydrogen-bond acceptors (Lipinski definition) is 3. The number of nitrogens with zero attached hydrogens (tertiary/aromatic N) is 1. The zero-order valence-corrected chi connectivity index (χ0v) is 9.95. The molecule has 0 aromatic rings. The van der Waals surface area contributed by atoms with Crippen molar-refractivity contribution in [3.05, 3.63) is 12.2 Å². The highest BCUT2D eigenvalue weighted by atomic mass is 16.6. The fourth-order valence-electron chi connectivity index (χ4n) is 2.28. The average molecular weight is 223 g/mol. The Morgan fingerprint density at radius 3 is 2.56 bits per heavy atom. The second kappa shape index (κ2) is 3.34. The van der Waals surface area contributed by atoms with Crippen molar-refractivity contribution in [3.8, 4) is 0 Å². The third-order valence-corrected chi connectivity index (χ3v) is 3.12. The van der Waals surface area contributed by atoms with E-state index in [9.17, 15) is 9.59 Å². The van der Waals surface area contributed by atoms with Gasteiger partial charge in [-0.15, -0.1) is 0 Å². The lowest BCUT2D eigenvalue weighted by molar-refractivity contribution is -0.170. The Hall–Kier alpha value is -1.32. The summed E-state index contributed by atoms with van der Waals surface area (Å²) in [4.78, 5) is 25.3. The molecule has 1 unspecified atom stereocenters. The third kappa shape index (κ3) is 1.62. The van der Waals surface area contributed by atoms with Crippen LogP contribution in [-0.2, 0) is 14.3 Å². The maximum atomic E-state index is 12.3. The third-order valence-electron chi connectivity index (χ3n) is 3.12. The largest absolute Gasteiger partial charge is 0.441 e. The molecule has 0 radical (unpaired) electrons. The quantitative estimate of drug-likeness (QED) is 0.581. The maximum Gasteiger partial charge on any atom is 0.331 e. The van der Waals surface area contributed by atoms with E-state index in [1.165, 1.54) is 6.08 Å². The molecule has 1 saturated heterocycles. The molecule has 2 aliphatic heterocycles. The van der Waals surface area contributed by atoms with Crippen LogP contribution in [0.25, 0.3) is 0 Å². The van der Waals surface area contributed by atoms with Crippen molar-refractivity contribution in [2.24, 2.45) is 0 Å². The Labute approximate surface area is 95.2 Å². The van der Waals surface area contributed by atoms with Crippen LogP contribution in [-0.4, -0.2) is 34.5 Å². The smallest absolute Gasteiger partial charge is 0.331 e. The minimum atomic E-state index is -1.01. The number of esters is 1. The van der Waals surface area contributed by atoms with Crippen molar-refractivity contribution < 1.29 is 14.3 Å². The summed E-state index contributed by atoms with van der Waals surface area (Å²) < 4.78 is 5.19. The van der Waals surface area contributed by atoms with Gasteiger partial charge in [0, 0.05) is 24.6 Å². The molecule has 0 aromatic carbocycles. The Morgan fingerprint density at radius 1 is 1.38 bits per heavy atom. The molecule has 2 heterocycles. The maximum absolute atomic E-state index is 12.3. The van der Waals surface area contributed by atoms with Crippen molar-refractivity contribution >= 4 is 11.9 Å². The van der Waals surface area contributed by atoms with Crippen molar-refractivity contribution in [1.29, 1.82) is 0 Å². The SMILES string of the molecule is CC(C)(C)N1CCCC2(C=CC(=O)O2)C1=O. The molecule has 16 heavy (non-hydrogen) atoms. The highest BCUT2D eigenvalue weighted by molar-refractivity contribution is 5.97. The molecular weight excluding hydrogens is 206 g/mol. The summed E-state index contributed by atoms with van der Waals surface area (Å²) in [7, 11) is 0. The lowest BCUT2D eigenvalue weighted by Crippen LogP contribution is -2.58. The van der Waals surface area contributed by atoms with Crippen LogP contribution in [0.2, 0.25) is 0 Å². The summed E-state index contributed by atoms with van der Waals surface area (Å²) in [6.07, 6.45) is 4.42. The number of ether oxygens (including phenoxy) is 1. The second-order valence-corrected chi connectivity index (χ2v) is 5.38. The van der Waals surface area contributed by atoms with E-state index in [2.05, 4.69) is 0 Å². The van der Waals surface area contributed by atoms with Gasteiger partial charge in [0.2, 0.25) is 5.60 Å². The Balaban J connectivity index is 2.28. The predicted molar refractivity (Wildman–Crippen MR) is 58.7 cm³/mol. The van der Waals surface area contributed by atoms with E-state index in [1.807, 2.05) is 20.8 Å². The van der Waals surface area contributed by atoms with Crippen LogP contribution in [0, 0.1) is 0 Å². The average Bonchev–Trinajstić information content (AvgIpc) is 2.52. The van der Waals surface area contributed by atoms with Gasteiger partial charge >= 0.3 is 5.97 Å². The fourth-order valence-corrected chi connectivity index (χ4v) is 2.28. The van der Waals surface area contributed by atoms with Gasteiger partial charge in [-0.05, 0) is 33.3 Å². The normalized spacial score (nSPS) is 30.1. The van der Waals surface area contributed by atoms with Gasteiger partial charge in [0.15, 0.2) is 0 Å². The number of piperidine rings is 1. The van der Waals surface area contributed by atoms with Crippen LogP contribution in [0.5, 0.6) is 0 Å². The van der Waals surface area contributed by atoms with Crippen molar-refractivity contribution in [2.45, 2.75) is 44.8 Å². The number of carbonyl (C=O) groups excluding carboxylic acids is 2. The molecule has 1 atom stereocenters. The van der Waals surface area contributed by atoms with E-state index >= 15 is 0 Å². The van der Waals surface area contributed by atoms with E-state index in [0.717, 1.165) is 13.0 Å². The van der Waals surface area contributed by atoms with Gasteiger partial charge in [-0.25, -0.2) is 4.79 Å². The molecule has 0 aliphatic carbocycles. The molecule has 2 aliphatic rings. The van der Waals surface area contributed by atoms with Crippen LogP contribution in [0.4, 0.5) is 0 Å². The number of likely N-dealkylation sites (tertiary alicyclic amines) is 1. The van der Waals surface area contributed by atoms with E-state index in [-0.39, 0.29) is 11.4 Å². The molecule has 0 aromatic heterocycles. The molecule has 1 amide bonds. The van der Waals surface area contributed by atoms with Gasteiger partial charge in [0.25, 0.3) is 5.91 Å². The lowest BCUT2D eigenvalue weighted by Gasteiger charge is -2.44. The summed E-state index contributed by atoms with van der Waals surface area (Å²) in [5.74, 6) is -0.502. The summed E-state index contributed by atoms with van der Waals surface area (Å²) in [5, 5.41) is 0. The number of rotatable bonds is 0. The highest BCUT2D eigenvalue weighted by Gasteiger charge is 2.50. The molecule has 1 fully saturated rings. The first-order valence-corrected chi connectivity index (χ1v) is 5.59. The number of hydrogen-bond donors (Lipinski definition) is 0. The molecular formula is C12H17NO3. The monoisotopic (exact) mass is 223 g/mol. The van der Waals surface area contributed by atoms with Crippen molar-refractivity contribution in [1.82, 2.24) is 4.90 Å². The zero-order valence-electron chi connectivity index (χ0n) is 9.95. The number of amides is 1. The van der Waals surface area contributed by atoms with Crippen LogP contribution in [0.3, 0.4) is 0 Å². The topological polar surface area (TPSA) is 46.6 Å². The molecule has 4 nitrogen and oxygen atoms in total. The van der Waals surface area contributed by atoms with Crippen molar-refractivity contribution in [2.75, 3.05) is 6.54 Å². The standard InChI is InChI=1S/C12H17NO3/c1-11(2,3)13-8-4-6-12(10(13)15)7-5-9(14)16-12/h5,7H,4,6,8H2,1-3H3. The lowest BCUT2D eigenvalue weighted by atomic mass is 9.89. The van der Waals surface area contributed by atoms with E-state index < -0.39 is 11.6 Å². The van der Waals surface area contributed by atoms with E-state index in [0.29, 0.717) is 6.42 Å². The van der Waals surface area contributed by atoms with Gasteiger partial charge in [-0.1, -0.05) is 0 Å². The first-order chi connectivity index (χ1) is 7.35. The molecule has 1 spiro atoms. The summed E-state index contributed by atoms with van der Waals surface area (Å²) in [6, 6.07) is 0. The molecule has 0 N–H and O–H groups in total. The van der Waals surface area contributed by atoms with Gasteiger partial charge in [-0.2, -0.15) is 0 Å². The van der Waals surface area contributed by atoms with Gasteiger partial charge in [-0.3, -0.25) is 4.79 Å². The van der Waals surface area contributed by atoms with E-state index in [4.69, 9.17) is 4.74 Å². The molecule has 4 heteroatoms. The number of carbonyl (C=O) groups is 2. The Morgan fingerprint density at radius 2 is 2.06 bits per heavy atom. The highest BCUT2D eigenvalue weighted by Crippen LogP contribution is 2.34. The summed E-state index contributed by atoms with van der Waals surface area (Å²) in [6.45, 7) is 6.70. The van der Waals surface area contributed by atoms with Crippen LogP contribution < -0.4 is 0 Å². The minimum absolute atomic E-state index is 0.0895. The van der Waals surface area contributed by atoms with Crippen LogP contribution >= 0.6 is 0 Å². The Kier molecular flexibility index (Phi) is 2.33. The second-order valence-electron chi connectivity index (χ2n) is 5.38. The van der Waals surface area contributed by atoms with Crippen LogP contribution in [0.15, 0.2) is 12.2 Å². The molecule has 2 rings (SSSR count). The fraction of sp³-hybridized carbons (Fsp3) is 0.667. The minimum Gasteiger partial charge on any atom is -0.441 e. The Bertz CT molecular complexity index is 367. The first kappa shape index (κ1) is 11.2. The molecule has 88 valence electrons. The van der Waals surface area contributed by atoms with Gasteiger partial charge in [0.05, 0.1) is 0 Å².